The molecule has 1 unspecified atom stereocenters. The first kappa shape index (κ1) is 17.5. The summed E-state index contributed by atoms with van der Waals surface area (Å²) in [5.74, 6) is -0.169. The Labute approximate surface area is 130 Å². The molecule has 1 aromatic carbocycles. The monoisotopic (exact) mass is 312 g/mol. The van der Waals surface area contributed by atoms with E-state index in [0.29, 0.717) is 10.7 Å². The standard InChI is InChI=1S/C15H22ClN3O2/c1-10-6-11(2)15(12(16)7-10)17-13(20)8-19(5)9-14(21)18(3)4/h6-7H,8-9H2,1-5H3,(H,17,20)/p+1. The third kappa shape index (κ3) is 5.36. The van der Waals surface area contributed by atoms with E-state index in [0.717, 1.165) is 16.0 Å². The van der Waals surface area contributed by atoms with Gasteiger partial charge in [-0.1, -0.05) is 17.7 Å². The summed E-state index contributed by atoms with van der Waals surface area (Å²) in [6, 6.07) is 3.78. The number of anilines is 1. The number of hydrogen-bond acceptors (Lipinski definition) is 2. The molecule has 0 aliphatic heterocycles. The van der Waals surface area contributed by atoms with Crippen LogP contribution in [0, 0.1) is 13.8 Å². The number of carbonyl (C=O) groups is 2. The van der Waals surface area contributed by atoms with E-state index >= 15 is 0 Å². The van der Waals surface area contributed by atoms with Crippen molar-refractivity contribution in [3.8, 4) is 0 Å². The average molecular weight is 313 g/mol. The Morgan fingerprint density at radius 2 is 1.86 bits per heavy atom. The number of carbonyl (C=O) groups excluding carboxylic acids is 2. The number of rotatable bonds is 5. The van der Waals surface area contributed by atoms with Crippen LogP contribution in [0.4, 0.5) is 5.69 Å². The van der Waals surface area contributed by atoms with Crippen LogP contribution in [0.2, 0.25) is 5.02 Å². The highest BCUT2D eigenvalue weighted by atomic mass is 35.5. The molecule has 116 valence electrons. The number of nitrogens with one attached hydrogen (secondary N) is 2. The van der Waals surface area contributed by atoms with Crippen LogP contribution in [0.15, 0.2) is 12.1 Å². The normalized spacial score (nSPS) is 11.9. The van der Waals surface area contributed by atoms with Gasteiger partial charge in [-0.25, -0.2) is 0 Å². The third-order valence-electron chi connectivity index (χ3n) is 3.11. The fourth-order valence-corrected chi connectivity index (χ4v) is 2.38. The van der Waals surface area contributed by atoms with Crippen LogP contribution in [0.1, 0.15) is 11.1 Å². The van der Waals surface area contributed by atoms with Gasteiger partial charge in [-0.05, 0) is 31.0 Å². The average Bonchev–Trinajstić information content (AvgIpc) is 2.33. The lowest BCUT2D eigenvalue weighted by Crippen LogP contribution is -3.11. The van der Waals surface area contributed by atoms with Crippen molar-refractivity contribution in [2.75, 3.05) is 39.5 Å². The van der Waals surface area contributed by atoms with Gasteiger partial charge in [-0.2, -0.15) is 0 Å². The largest absolute Gasteiger partial charge is 0.344 e. The number of likely N-dealkylation sites (N-methyl/N-ethyl adjacent to an activating group) is 2. The minimum absolute atomic E-state index is 0.00940. The summed E-state index contributed by atoms with van der Waals surface area (Å²) >= 11 is 6.16. The first-order chi connectivity index (χ1) is 9.70. The molecular formula is C15H23ClN3O2+. The van der Waals surface area contributed by atoms with Gasteiger partial charge in [0, 0.05) is 14.1 Å². The predicted molar refractivity (Wildman–Crippen MR) is 84.9 cm³/mol. The van der Waals surface area contributed by atoms with E-state index in [-0.39, 0.29) is 24.9 Å². The van der Waals surface area contributed by atoms with E-state index in [1.807, 2.05) is 33.0 Å². The van der Waals surface area contributed by atoms with E-state index in [1.165, 1.54) is 4.90 Å². The first-order valence-electron chi connectivity index (χ1n) is 6.78. The number of halogens is 1. The van der Waals surface area contributed by atoms with Crippen molar-refractivity contribution in [3.63, 3.8) is 0 Å². The highest BCUT2D eigenvalue weighted by Gasteiger charge is 2.17. The topological polar surface area (TPSA) is 53.9 Å². The Morgan fingerprint density at radius 3 is 2.38 bits per heavy atom. The van der Waals surface area contributed by atoms with Crippen molar-refractivity contribution in [2.24, 2.45) is 0 Å². The van der Waals surface area contributed by atoms with Gasteiger partial charge in [0.15, 0.2) is 13.1 Å². The molecule has 5 nitrogen and oxygen atoms in total. The van der Waals surface area contributed by atoms with Crippen LogP contribution in [0.25, 0.3) is 0 Å². The molecule has 2 N–H and O–H groups in total. The molecule has 0 aromatic heterocycles. The van der Waals surface area contributed by atoms with Crippen LogP contribution < -0.4 is 10.2 Å². The molecule has 0 saturated carbocycles. The van der Waals surface area contributed by atoms with Crippen molar-refractivity contribution >= 4 is 29.1 Å². The maximum atomic E-state index is 12.0. The minimum atomic E-state index is -0.159. The lowest BCUT2D eigenvalue weighted by molar-refractivity contribution is -0.862. The van der Waals surface area contributed by atoms with Crippen LogP contribution in [-0.2, 0) is 9.59 Å². The van der Waals surface area contributed by atoms with Crippen LogP contribution in [0.5, 0.6) is 0 Å². The molecule has 0 aliphatic carbocycles. The molecule has 0 radical (unpaired) electrons. The quantitative estimate of drug-likeness (QED) is 0.832. The lowest BCUT2D eigenvalue weighted by Gasteiger charge is -2.17. The molecule has 0 saturated heterocycles. The summed E-state index contributed by atoms with van der Waals surface area (Å²) in [4.78, 5) is 26.0. The Morgan fingerprint density at radius 1 is 1.24 bits per heavy atom. The van der Waals surface area contributed by atoms with E-state index in [1.54, 1.807) is 14.1 Å². The SMILES string of the molecule is Cc1cc(C)c(NC(=O)C[NH+](C)CC(=O)N(C)C)c(Cl)c1. The number of benzene rings is 1. The smallest absolute Gasteiger partial charge is 0.279 e. The Balaban J connectivity index is 2.64. The highest BCUT2D eigenvalue weighted by Crippen LogP contribution is 2.26. The number of nitrogens with zero attached hydrogens (tertiary/aromatic N) is 1. The fraction of sp³-hybridized carbons (Fsp3) is 0.467. The zero-order chi connectivity index (χ0) is 16.2. The van der Waals surface area contributed by atoms with E-state index in [9.17, 15) is 9.59 Å². The molecule has 1 rings (SSSR count). The van der Waals surface area contributed by atoms with Gasteiger partial charge in [-0.15, -0.1) is 0 Å². The van der Waals surface area contributed by atoms with E-state index in [4.69, 9.17) is 11.6 Å². The zero-order valence-electron chi connectivity index (χ0n) is 13.2. The number of quaternary nitrogens is 1. The Hall–Kier alpha value is -1.59. The third-order valence-corrected chi connectivity index (χ3v) is 3.41. The van der Waals surface area contributed by atoms with Gasteiger partial charge in [-0.3, -0.25) is 9.59 Å². The summed E-state index contributed by atoms with van der Waals surface area (Å²) < 4.78 is 0. The molecule has 1 aromatic rings. The summed E-state index contributed by atoms with van der Waals surface area (Å²) in [5, 5.41) is 3.35. The molecule has 6 heteroatoms. The molecule has 0 fully saturated rings. The molecule has 21 heavy (non-hydrogen) atoms. The fourth-order valence-electron chi connectivity index (χ4n) is 2.01. The molecule has 0 heterocycles. The number of aryl methyl sites for hydroxylation is 2. The molecule has 0 spiro atoms. The summed E-state index contributed by atoms with van der Waals surface area (Å²) in [6.07, 6.45) is 0. The van der Waals surface area contributed by atoms with E-state index < -0.39 is 0 Å². The van der Waals surface area contributed by atoms with Crippen molar-refractivity contribution < 1.29 is 14.5 Å². The minimum Gasteiger partial charge on any atom is -0.344 e. The number of hydrogen-bond donors (Lipinski definition) is 2. The molecule has 0 bridgehead atoms. The Kier molecular flexibility index (Phi) is 6.18. The second kappa shape index (κ2) is 7.43. The maximum Gasteiger partial charge on any atom is 0.279 e. The van der Waals surface area contributed by atoms with Crippen LogP contribution in [-0.4, -0.2) is 50.9 Å². The van der Waals surface area contributed by atoms with Gasteiger partial charge < -0.3 is 15.1 Å². The highest BCUT2D eigenvalue weighted by molar-refractivity contribution is 6.34. The van der Waals surface area contributed by atoms with Gasteiger partial charge in [0.2, 0.25) is 0 Å². The second-order valence-electron chi connectivity index (χ2n) is 5.59. The molecule has 0 aliphatic rings. The molecule has 1 atom stereocenters. The van der Waals surface area contributed by atoms with Crippen molar-refractivity contribution in [1.82, 2.24) is 4.90 Å². The molecular weight excluding hydrogens is 290 g/mol. The lowest BCUT2D eigenvalue weighted by atomic mass is 10.1. The second-order valence-corrected chi connectivity index (χ2v) is 5.99. The van der Waals surface area contributed by atoms with Gasteiger partial charge >= 0.3 is 0 Å². The summed E-state index contributed by atoms with van der Waals surface area (Å²) in [5.41, 5.74) is 2.61. The van der Waals surface area contributed by atoms with Crippen LogP contribution in [0.3, 0.4) is 0 Å². The Bertz CT molecular complexity index is 521. The zero-order valence-corrected chi connectivity index (χ0v) is 14.0. The maximum absolute atomic E-state index is 12.0. The van der Waals surface area contributed by atoms with Gasteiger partial charge in [0.1, 0.15) is 0 Å². The predicted octanol–water partition coefficient (Wildman–Crippen LogP) is 0.498. The van der Waals surface area contributed by atoms with Gasteiger partial charge in [0.05, 0.1) is 17.8 Å². The van der Waals surface area contributed by atoms with Crippen molar-refractivity contribution in [2.45, 2.75) is 13.8 Å². The number of amides is 2. The van der Waals surface area contributed by atoms with E-state index in [2.05, 4.69) is 5.32 Å². The van der Waals surface area contributed by atoms with Crippen molar-refractivity contribution in [3.05, 3.63) is 28.3 Å². The summed E-state index contributed by atoms with van der Waals surface area (Å²) in [7, 11) is 5.21. The first-order valence-corrected chi connectivity index (χ1v) is 7.16. The summed E-state index contributed by atoms with van der Waals surface area (Å²) in [6.45, 7) is 4.35. The van der Waals surface area contributed by atoms with Crippen LogP contribution >= 0.6 is 11.6 Å². The molecule has 2 amide bonds. The van der Waals surface area contributed by atoms with Gasteiger partial charge in [0.25, 0.3) is 11.8 Å². The van der Waals surface area contributed by atoms with Crippen molar-refractivity contribution in [1.29, 1.82) is 0 Å².